The van der Waals surface area contributed by atoms with E-state index in [1.807, 2.05) is 30.3 Å². The second-order valence-electron chi connectivity index (χ2n) is 7.00. The monoisotopic (exact) mass is 360 g/mol. The van der Waals surface area contributed by atoms with Crippen molar-refractivity contribution in [1.82, 2.24) is 20.4 Å². The second kappa shape index (κ2) is 8.18. The Labute approximate surface area is 159 Å². The van der Waals surface area contributed by atoms with E-state index in [2.05, 4.69) is 50.7 Å². The van der Waals surface area contributed by atoms with Gasteiger partial charge in [-0.15, -0.1) is 0 Å². The van der Waals surface area contributed by atoms with Crippen molar-refractivity contribution in [2.45, 2.75) is 12.3 Å². The van der Waals surface area contributed by atoms with Crippen molar-refractivity contribution in [3.63, 3.8) is 0 Å². The maximum Gasteiger partial charge on any atom is 0.251 e. The quantitative estimate of drug-likeness (QED) is 0.709. The van der Waals surface area contributed by atoms with E-state index in [4.69, 9.17) is 0 Å². The predicted octanol–water partition coefficient (Wildman–Crippen LogP) is 3.30. The summed E-state index contributed by atoms with van der Waals surface area (Å²) < 4.78 is 0. The van der Waals surface area contributed by atoms with Crippen LogP contribution in [0.2, 0.25) is 0 Å². The van der Waals surface area contributed by atoms with Gasteiger partial charge in [-0.25, -0.2) is 0 Å². The van der Waals surface area contributed by atoms with Crippen LogP contribution in [0.5, 0.6) is 0 Å². The van der Waals surface area contributed by atoms with Gasteiger partial charge < -0.3 is 10.2 Å². The molecule has 5 nitrogen and oxygen atoms in total. The smallest absolute Gasteiger partial charge is 0.251 e. The maximum atomic E-state index is 12.4. The van der Waals surface area contributed by atoms with Crippen molar-refractivity contribution in [1.29, 1.82) is 0 Å². The Morgan fingerprint density at radius 1 is 1.11 bits per heavy atom. The molecule has 27 heavy (non-hydrogen) atoms. The highest BCUT2D eigenvalue weighted by Gasteiger charge is 2.23. The minimum atomic E-state index is -0.0232. The Hall–Kier alpha value is -2.92. The van der Waals surface area contributed by atoms with Crippen molar-refractivity contribution in [2.24, 2.45) is 0 Å². The molecule has 1 amide bonds. The van der Waals surface area contributed by atoms with Crippen molar-refractivity contribution >= 4 is 5.91 Å². The van der Waals surface area contributed by atoms with Gasteiger partial charge in [-0.2, -0.15) is 5.10 Å². The molecule has 0 saturated carbocycles. The van der Waals surface area contributed by atoms with Gasteiger partial charge in [0.05, 0.1) is 5.69 Å². The summed E-state index contributed by atoms with van der Waals surface area (Å²) >= 11 is 0. The third-order valence-corrected chi connectivity index (χ3v) is 5.22. The Bertz CT molecular complexity index is 859. The minimum absolute atomic E-state index is 0.0232. The van der Waals surface area contributed by atoms with Crippen LogP contribution in [0.3, 0.4) is 0 Å². The molecule has 3 aromatic rings. The van der Waals surface area contributed by atoms with Gasteiger partial charge in [0.1, 0.15) is 0 Å². The number of nitrogens with zero attached hydrogens (tertiary/aromatic N) is 2. The molecular formula is C22H24N4O. The molecule has 2 N–H and O–H groups in total. The Kier molecular flexibility index (Phi) is 5.30. The zero-order valence-corrected chi connectivity index (χ0v) is 15.3. The first-order chi connectivity index (χ1) is 13.3. The standard InChI is InChI=1S/C22H24N4O/c27-22(19-8-6-18(7-9-19)21-10-12-24-25-21)23-13-15-26-14-11-20(16-26)17-4-2-1-3-5-17/h1-10,12,20H,11,13-16H2,(H,23,27)(H,24,25)/t20-/m0/s1. The number of hydrogen-bond donors (Lipinski definition) is 2. The lowest BCUT2D eigenvalue weighted by Gasteiger charge is -2.16. The molecule has 5 heteroatoms. The average molecular weight is 360 g/mol. The summed E-state index contributed by atoms with van der Waals surface area (Å²) in [5.74, 6) is 0.585. The molecule has 138 valence electrons. The summed E-state index contributed by atoms with van der Waals surface area (Å²) in [7, 11) is 0. The van der Waals surface area contributed by atoms with Crippen LogP contribution in [-0.2, 0) is 0 Å². The fourth-order valence-corrected chi connectivity index (χ4v) is 3.68. The third kappa shape index (κ3) is 4.26. The molecule has 0 bridgehead atoms. The summed E-state index contributed by atoms with van der Waals surface area (Å²) in [6, 6.07) is 20.2. The van der Waals surface area contributed by atoms with Crippen LogP contribution in [-0.4, -0.2) is 47.2 Å². The number of likely N-dealkylation sites (tertiary alicyclic amines) is 1. The summed E-state index contributed by atoms with van der Waals surface area (Å²) in [6.07, 6.45) is 2.91. The first kappa shape index (κ1) is 17.5. The Morgan fingerprint density at radius 2 is 1.93 bits per heavy atom. The van der Waals surface area contributed by atoms with E-state index < -0.39 is 0 Å². The van der Waals surface area contributed by atoms with Gasteiger partial charge in [0.25, 0.3) is 5.91 Å². The van der Waals surface area contributed by atoms with E-state index in [1.165, 1.54) is 12.0 Å². The number of nitrogens with one attached hydrogen (secondary N) is 2. The SMILES string of the molecule is O=C(NCCN1CC[C@H](c2ccccc2)C1)c1ccc(-c2ccn[nH]2)cc1. The molecular weight excluding hydrogens is 336 g/mol. The Morgan fingerprint density at radius 3 is 2.67 bits per heavy atom. The summed E-state index contributed by atoms with van der Waals surface area (Å²) in [5.41, 5.74) is 4.07. The van der Waals surface area contributed by atoms with Crippen LogP contribution >= 0.6 is 0 Å². The zero-order chi connectivity index (χ0) is 18.5. The highest BCUT2D eigenvalue weighted by Crippen LogP contribution is 2.26. The maximum absolute atomic E-state index is 12.4. The number of hydrogen-bond acceptors (Lipinski definition) is 3. The number of benzene rings is 2. The van der Waals surface area contributed by atoms with Gasteiger partial charge in [0, 0.05) is 31.4 Å². The van der Waals surface area contributed by atoms with Gasteiger partial charge in [0.15, 0.2) is 0 Å². The number of aromatic amines is 1. The van der Waals surface area contributed by atoms with Crippen LogP contribution in [0.4, 0.5) is 0 Å². The first-order valence-corrected chi connectivity index (χ1v) is 9.45. The van der Waals surface area contributed by atoms with Crippen LogP contribution < -0.4 is 5.32 Å². The van der Waals surface area contributed by atoms with Crippen LogP contribution in [0, 0.1) is 0 Å². The van der Waals surface area contributed by atoms with Gasteiger partial charge in [-0.1, -0.05) is 42.5 Å². The normalized spacial score (nSPS) is 17.1. The topological polar surface area (TPSA) is 61.0 Å². The molecule has 1 aromatic heterocycles. The summed E-state index contributed by atoms with van der Waals surface area (Å²) in [4.78, 5) is 14.8. The largest absolute Gasteiger partial charge is 0.351 e. The first-order valence-electron chi connectivity index (χ1n) is 9.45. The molecule has 0 spiro atoms. The number of aromatic nitrogens is 2. The van der Waals surface area contributed by atoms with Crippen LogP contribution in [0.15, 0.2) is 66.9 Å². The molecule has 0 aliphatic carbocycles. The lowest BCUT2D eigenvalue weighted by Crippen LogP contribution is -2.33. The average Bonchev–Trinajstić information content (AvgIpc) is 3.41. The molecule has 0 unspecified atom stereocenters. The third-order valence-electron chi connectivity index (χ3n) is 5.22. The zero-order valence-electron chi connectivity index (χ0n) is 15.3. The number of carbonyl (C=O) groups excluding carboxylic acids is 1. The fraction of sp³-hybridized carbons (Fsp3) is 0.273. The molecule has 0 radical (unpaired) electrons. The second-order valence-corrected chi connectivity index (χ2v) is 7.00. The van der Waals surface area contributed by atoms with E-state index in [1.54, 1.807) is 6.20 Å². The van der Waals surface area contributed by atoms with Crippen molar-refractivity contribution in [3.05, 3.63) is 78.0 Å². The summed E-state index contributed by atoms with van der Waals surface area (Å²) in [6.45, 7) is 3.72. The number of carbonyl (C=O) groups is 1. The molecule has 1 aliphatic rings. The highest BCUT2D eigenvalue weighted by atomic mass is 16.1. The Balaban J connectivity index is 1.24. The number of amides is 1. The van der Waals surface area contributed by atoms with E-state index in [-0.39, 0.29) is 5.91 Å². The van der Waals surface area contributed by atoms with Crippen molar-refractivity contribution < 1.29 is 4.79 Å². The number of rotatable bonds is 6. The summed E-state index contributed by atoms with van der Waals surface area (Å²) in [5, 5.41) is 9.91. The highest BCUT2D eigenvalue weighted by molar-refractivity contribution is 5.94. The number of H-pyrrole nitrogens is 1. The van der Waals surface area contributed by atoms with E-state index in [0.717, 1.165) is 30.9 Å². The van der Waals surface area contributed by atoms with Gasteiger partial charge >= 0.3 is 0 Å². The fourth-order valence-electron chi connectivity index (χ4n) is 3.68. The van der Waals surface area contributed by atoms with Gasteiger partial charge in [0.2, 0.25) is 0 Å². The lowest BCUT2D eigenvalue weighted by molar-refractivity contribution is 0.0949. The van der Waals surface area contributed by atoms with Crippen LogP contribution in [0.1, 0.15) is 28.3 Å². The molecule has 1 atom stereocenters. The van der Waals surface area contributed by atoms with Gasteiger partial charge in [-0.3, -0.25) is 9.89 Å². The van der Waals surface area contributed by atoms with E-state index in [9.17, 15) is 4.79 Å². The van der Waals surface area contributed by atoms with E-state index in [0.29, 0.717) is 18.0 Å². The molecule has 4 rings (SSSR count). The minimum Gasteiger partial charge on any atom is -0.351 e. The molecule has 2 heterocycles. The van der Waals surface area contributed by atoms with E-state index >= 15 is 0 Å². The lowest BCUT2D eigenvalue weighted by atomic mass is 9.99. The molecule has 1 aliphatic heterocycles. The van der Waals surface area contributed by atoms with Crippen LogP contribution in [0.25, 0.3) is 11.3 Å². The predicted molar refractivity (Wildman–Crippen MR) is 107 cm³/mol. The van der Waals surface area contributed by atoms with Gasteiger partial charge in [-0.05, 0) is 48.2 Å². The molecule has 1 fully saturated rings. The van der Waals surface area contributed by atoms with Crippen molar-refractivity contribution in [3.8, 4) is 11.3 Å². The molecule has 1 saturated heterocycles. The van der Waals surface area contributed by atoms with Crippen molar-refractivity contribution in [2.75, 3.05) is 26.2 Å². The molecule has 2 aromatic carbocycles.